The smallest absolute Gasteiger partial charge is 0.153 e. The molecular weight excluding hydrogens is 148 g/mol. The summed E-state index contributed by atoms with van der Waals surface area (Å²) in [5.74, 6) is 0.989. The topological polar surface area (TPSA) is 24.7 Å². The van der Waals surface area contributed by atoms with Crippen LogP contribution in [-0.4, -0.2) is 12.6 Å². The van der Waals surface area contributed by atoms with Crippen molar-refractivity contribution in [3.8, 4) is 0 Å². The average Bonchev–Trinajstić information content (AvgIpc) is 2.05. The minimum absolute atomic E-state index is 0.361. The van der Waals surface area contributed by atoms with Crippen molar-refractivity contribution in [3.05, 3.63) is 24.4 Å². The molecule has 66 valence electrons. The van der Waals surface area contributed by atoms with Crippen molar-refractivity contribution < 1.29 is 0 Å². The second-order valence-corrected chi connectivity index (χ2v) is 2.77. The highest BCUT2D eigenvalue weighted by molar-refractivity contribution is 6.01. The van der Waals surface area contributed by atoms with E-state index in [2.05, 4.69) is 37.1 Å². The maximum atomic E-state index is 4.09. The van der Waals surface area contributed by atoms with Crippen LogP contribution in [0, 0.1) is 5.92 Å². The minimum atomic E-state index is 0.361. The van der Waals surface area contributed by atoms with E-state index in [0.717, 1.165) is 5.57 Å². The lowest BCUT2D eigenvalue weighted by Crippen LogP contribution is -2.03. The van der Waals surface area contributed by atoms with Gasteiger partial charge >= 0.3 is 0 Å². The highest BCUT2D eigenvalue weighted by Gasteiger charge is 2.04. The van der Waals surface area contributed by atoms with Crippen molar-refractivity contribution in [2.24, 2.45) is 15.9 Å². The fraction of sp³-hybridized carbons (Fsp3) is 0.400. The Labute approximate surface area is 74.4 Å². The molecule has 0 rings (SSSR count). The molecule has 12 heavy (non-hydrogen) atoms. The van der Waals surface area contributed by atoms with E-state index in [0.29, 0.717) is 11.8 Å². The first-order chi connectivity index (χ1) is 5.63. The Morgan fingerprint density at radius 3 is 2.33 bits per heavy atom. The molecule has 2 nitrogen and oxygen atoms in total. The third-order valence-corrected chi connectivity index (χ3v) is 1.48. The molecule has 0 unspecified atom stereocenters. The van der Waals surface area contributed by atoms with E-state index >= 15 is 0 Å². The van der Waals surface area contributed by atoms with Crippen molar-refractivity contribution in [2.75, 3.05) is 0 Å². The highest BCUT2D eigenvalue weighted by Crippen LogP contribution is 2.09. The summed E-state index contributed by atoms with van der Waals surface area (Å²) >= 11 is 0. The second-order valence-electron chi connectivity index (χ2n) is 2.77. The van der Waals surface area contributed by atoms with Crippen LogP contribution in [0.2, 0.25) is 0 Å². The quantitative estimate of drug-likeness (QED) is 0.452. The van der Waals surface area contributed by atoms with Crippen molar-refractivity contribution in [1.29, 1.82) is 0 Å². The number of hydrogen-bond acceptors (Lipinski definition) is 1. The summed E-state index contributed by atoms with van der Waals surface area (Å²) < 4.78 is 0. The molecule has 0 aromatic rings. The fourth-order valence-corrected chi connectivity index (χ4v) is 0.629. The predicted octanol–water partition coefficient (Wildman–Crippen LogP) is 2.83. The number of hydrogen-bond donors (Lipinski definition) is 0. The molecule has 2 heteroatoms. The SMILES string of the molecule is C=N/C(=N/C=C\C)C(=C)C(C)C. The van der Waals surface area contributed by atoms with E-state index in [1.807, 2.05) is 13.0 Å². The van der Waals surface area contributed by atoms with Crippen molar-refractivity contribution in [2.45, 2.75) is 20.8 Å². The molecule has 0 spiro atoms. The van der Waals surface area contributed by atoms with E-state index in [4.69, 9.17) is 0 Å². The molecule has 0 heterocycles. The van der Waals surface area contributed by atoms with Crippen LogP contribution in [0.1, 0.15) is 20.8 Å². The van der Waals surface area contributed by atoms with Gasteiger partial charge in [-0.15, -0.1) is 0 Å². The molecular formula is C10H16N2. The molecule has 0 saturated heterocycles. The van der Waals surface area contributed by atoms with Crippen LogP contribution in [0.4, 0.5) is 0 Å². The first kappa shape index (κ1) is 10.8. The number of rotatable bonds is 3. The molecule has 0 radical (unpaired) electrons. The van der Waals surface area contributed by atoms with Crippen molar-refractivity contribution in [1.82, 2.24) is 0 Å². The standard InChI is InChI=1S/C10H16N2/c1-6-7-12-10(11-5)9(4)8(2)3/h6-8H,4-5H2,1-3H3/b7-6-,12-10+. The van der Waals surface area contributed by atoms with Gasteiger partial charge in [-0.05, 0) is 25.1 Å². The minimum Gasteiger partial charge on any atom is -0.245 e. The molecule has 0 aliphatic rings. The number of aliphatic imine (C=N–C) groups is 2. The van der Waals surface area contributed by atoms with E-state index in [9.17, 15) is 0 Å². The lowest BCUT2D eigenvalue weighted by molar-refractivity contribution is 0.804. The molecule has 0 atom stereocenters. The van der Waals surface area contributed by atoms with Crippen molar-refractivity contribution in [3.63, 3.8) is 0 Å². The van der Waals surface area contributed by atoms with Gasteiger partial charge in [-0.3, -0.25) is 0 Å². The maximum absolute atomic E-state index is 4.09. The van der Waals surface area contributed by atoms with Crippen LogP contribution in [-0.2, 0) is 0 Å². The zero-order valence-electron chi connectivity index (χ0n) is 8.04. The Bertz CT molecular complexity index is 222. The van der Waals surface area contributed by atoms with Crippen LogP contribution in [0.25, 0.3) is 0 Å². The summed E-state index contributed by atoms with van der Waals surface area (Å²) in [6.45, 7) is 13.3. The normalized spacial score (nSPS) is 12.5. The summed E-state index contributed by atoms with van der Waals surface area (Å²) in [6, 6.07) is 0. The number of allylic oxidation sites excluding steroid dienone is 1. The predicted molar refractivity (Wildman–Crippen MR) is 55.8 cm³/mol. The number of amidine groups is 1. The zero-order chi connectivity index (χ0) is 9.56. The highest BCUT2D eigenvalue weighted by atomic mass is 14.9. The average molecular weight is 164 g/mol. The van der Waals surface area contributed by atoms with Gasteiger partial charge in [0.05, 0.1) is 0 Å². The van der Waals surface area contributed by atoms with Gasteiger partial charge in [0.2, 0.25) is 0 Å². The first-order valence-electron chi connectivity index (χ1n) is 3.98. The summed E-state index contributed by atoms with van der Waals surface area (Å²) in [5, 5.41) is 0. The van der Waals surface area contributed by atoms with Crippen LogP contribution >= 0.6 is 0 Å². The first-order valence-corrected chi connectivity index (χ1v) is 3.98. The Morgan fingerprint density at radius 1 is 1.42 bits per heavy atom. The van der Waals surface area contributed by atoms with Crippen LogP contribution in [0.15, 0.2) is 34.4 Å². The lowest BCUT2D eigenvalue weighted by Gasteiger charge is -2.06. The second kappa shape index (κ2) is 5.47. The van der Waals surface area contributed by atoms with E-state index in [1.165, 1.54) is 0 Å². The third-order valence-electron chi connectivity index (χ3n) is 1.48. The molecule has 0 amide bonds. The Hall–Kier alpha value is -1.18. The van der Waals surface area contributed by atoms with Gasteiger partial charge in [0, 0.05) is 6.20 Å². The van der Waals surface area contributed by atoms with E-state index in [1.54, 1.807) is 6.20 Å². The monoisotopic (exact) mass is 164 g/mol. The molecule has 0 N–H and O–H groups in total. The lowest BCUT2D eigenvalue weighted by atomic mass is 10.0. The molecule has 0 aromatic heterocycles. The van der Waals surface area contributed by atoms with Crippen LogP contribution < -0.4 is 0 Å². The summed E-state index contributed by atoms with van der Waals surface area (Å²) in [7, 11) is 0. The van der Waals surface area contributed by atoms with Gasteiger partial charge in [0.1, 0.15) is 0 Å². The van der Waals surface area contributed by atoms with Gasteiger partial charge in [-0.2, -0.15) is 0 Å². The summed E-state index contributed by atoms with van der Waals surface area (Å²) in [6.07, 6.45) is 3.54. The summed E-state index contributed by atoms with van der Waals surface area (Å²) in [5.41, 5.74) is 0.920. The van der Waals surface area contributed by atoms with Gasteiger partial charge in [-0.25, -0.2) is 9.98 Å². The molecule has 0 fully saturated rings. The van der Waals surface area contributed by atoms with Gasteiger partial charge in [-0.1, -0.05) is 26.5 Å². The molecule has 0 aromatic carbocycles. The van der Waals surface area contributed by atoms with Gasteiger partial charge in [0.15, 0.2) is 5.84 Å². The molecule has 0 bridgehead atoms. The Kier molecular flexibility index (Phi) is 4.93. The molecule has 0 aliphatic carbocycles. The maximum Gasteiger partial charge on any atom is 0.153 e. The van der Waals surface area contributed by atoms with E-state index < -0.39 is 0 Å². The molecule has 0 saturated carbocycles. The van der Waals surface area contributed by atoms with Crippen LogP contribution in [0.5, 0.6) is 0 Å². The number of nitrogens with zero attached hydrogens (tertiary/aromatic N) is 2. The summed E-state index contributed by atoms with van der Waals surface area (Å²) in [4.78, 5) is 7.89. The van der Waals surface area contributed by atoms with Gasteiger partial charge < -0.3 is 0 Å². The third kappa shape index (κ3) is 3.28. The fourth-order valence-electron chi connectivity index (χ4n) is 0.629. The van der Waals surface area contributed by atoms with Crippen LogP contribution in [0.3, 0.4) is 0 Å². The van der Waals surface area contributed by atoms with E-state index in [-0.39, 0.29) is 0 Å². The Morgan fingerprint density at radius 2 is 2.00 bits per heavy atom. The Balaban J connectivity index is 4.56. The van der Waals surface area contributed by atoms with Gasteiger partial charge in [0.25, 0.3) is 0 Å². The molecule has 0 aliphatic heterocycles. The largest absolute Gasteiger partial charge is 0.245 e. The van der Waals surface area contributed by atoms with Crippen molar-refractivity contribution >= 4 is 12.6 Å². The zero-order valence-corrected chi connectivity index (χ0v) is 8.04.